The number of amides is 1. The minimum Gasteiger partial charge on any atom is -0.392 e. The molecule has 0 bridgehead atoms. The zero-order valence-electron chi connectivity index (χ0n) is 9.60. The van der Waals surface area contributed by atoms with Crippen molar-refractivity contribution in [3.63, 3.8) is 0 Å². The van der Waals surface area contributed by atoms with Crippen molar-refractivity contribution in [2.75, 3.05) is 26.0 Å². The highest BCUT2D eigenvalue weighted by Gasteiger charge is 2.19. The number of rotatable bonds is 5. The van der Waals surface area contributed by atoms with E-state index in [1.54, 1.807) is 0 Å². The third-order valence-electron chi connectivity index (χ3n) is 2.16. The van der Waals surface area contributed by atoms with Crippen LogP contribution >= 0.6 is 11.6 Å². The van der Waals surface area contributed by atoms with Gasteiger partial charge >= 0.3 is 0 Å². The quantitative estimate of drug-likeness (QED) is 0.363. The number of nitrogens with two attached hydrogens (primary N) is 1. The molecule has 1 aromatic rings. The lowest BCUT2D eigenvalue weighted by atomic mass is 10.1. The van der Waals surface area contributed by atoms with Gasteiger partial charge in [-0.1, -0.05) is 11.6 Å². The third kappa shape index (κ3) is 3.31. The van der Waals surface area contributed by atoms with Gasteiger partial charge in [0.1, 0.15) is 5.69 Å². The van der Waals surface area contributed by atoms with E-state index in [2.05, 4.69) is 5.32 Å². The van der Waals surface area contributed by atoms with Crippen LogP contribution in [0.1, 0.15) is 10.4 Å². The first-order valence-electron chi connectivity index (χ1n) is 4.98. The van der Waals surface area contributed by atoms with Gasteiger partial charge in [-0.2, -0.15) is 0 Å². The molecule has 8 heteroatoms. The van der Waals surface area contributed by atoms with Crippen LogP contribution in [-0.2, 0) is 4.74 Å². The van der Waals surface area contributed by atoms with Crippen LogP contribution in [0, 0.1) is 10.1 Å². The first kappa shape index (κ1) is 14.2. The summed E-state index contributed by atoms with van der Waals surface area (Å²) in [6, 6.07) is 2.37. The Morgan fingerprint density at radius 1 is 1.61 bits per heavy atom. The summed E-state index contributed by atoms with van der Waals surface area (Å²) < 4.78 is 4.76. The molecule has 0 radical (unpaired) electrons. The number of nitro benzene ring substituents is 1. The highest BCUT2D eigenvalue weighted by Crippen LogP contribution is 2.30. The van der Waals surface area contributed by atoms with E-state index in [9.17, 15) is 14.9 Å². The lowest BCUT2D eigenvalue weighted by Crippen LogP contribution is -2.27. The number of halogens is 1. The number of carbonyl (C=O) groups excluding carboxylic acids is 1. The SMILES string of the molecule is COCCNC(=O)c1cc(Cl)c(N)c([N+](=O)[O-])c1. The van der Waals surface area contributed by atoms with Crippen molar-refractivity contribution in [1.29, 1.82) is 0 Å². The third-order valence-corrected chi connectivity index (χ3v) is 2.47. The Morgan fingerprint density at radius 3 is 2.83 bits per heavy atom. The fourth-order valence-corrected chi connectivity index (χ4v) is 1.47. The summed E-state index contributed by atoms with van der Waals surface area (Å²) >= 11 is 5.73. The van der Waals surface area contributed by atoms with Crippen molar-refractivity contribution >= 4 is 28.9 Å². The Labute approximate surface area is 108 Å². The van der Waals surface area contributed by atoms with E-state index in [0.29, 0.717) is 13.2 Å². The van der Waals surface area contributed by atoms with Gasteiger partial charge in [-0.05, 0) is 6.07 Å². The number of nitro groups is 1. The zero-order chi connectivity index (χ0) is 13.7. The lowest BCUT2D eigenvalue weighted by molar-refractivity contribution is -0.383. The number of ether oxygens (including phenoxy) is 1. The Balaban J connectivity index is 2.96. The summed E-state index contributed by atoms with van der Waals surface area (Å²) in [6.07, 6.45) is 0. The fraction of sp³-hybridized carbons (Fsp3) is 0.300. The summed E-state index contributed by atoms with van der Waals surface area (Å²) in [4.78, 5) is 21.7. The van der Waals surface area contributed by atoms with Crippen LogP contribution in [-0.4, -0.2) is 31.1 Å². The van der Waals surface area contributed by atoms with E-state index >= 15 is 0 Å². The first-order valence-corrected chi connectivity index (χ1v) is 5.35. The van der Waals surface area contributed by atoms with E-state index in [-0.39, 0.29) is 22.0 Å². The van der Waals surface area contributed by atoms with Gasteiger partial charge < -0.3 is 15.8 Å². The monoisotopic (exact) mass is 273 g/mol. The number of benzene rings is 1. The number of methoxy groups -OCH3 is 1. The molecule has 0 fully saturated rings. The topological polar surface area (TPSA) is 107 Å². The number of hydrogen-bond acceptors (Lipinski definition) is 5. The standard InChI is InChI=1S/C10H12ClN3O4/c1-18-3-2-13-10(15)6-4-7(11)9(12)8(5-6)14(16)17/h4-5H,2-3,12H2,1H3,(H,13,15). The predicted octanol–water partition coefficient (Wildman–Crippen LogP) is 1.21. The van der Waals surface area contributed by atoms with E-state index in [1.807, 2.05) is 0 Å². The van der Waals surface area contributed by atoms with Gasteiger partial charge in [0.15, 0.2) is 0 Å². The Morgan fingerprint density at radius 2 is 2.28 bits per heavy atom. The summed E-state index contributed by atoms with van der Waals surface area (Å²) in [5.74, 6) is -0.475. The van der Waals surface area contributed by atoms with E-state index < -0.39 is 10.8 Å². The van der Waals surface area contributed by atoms with E-state index in [4.69, 9.17) is 22.1 Å². The average molecular weight is 274 g/mol. The van der Waals surface area contributed by atoms with Crippen LogP contribution in [0.5, 0.6) is 0 Å². The van der Waals surface area contributed by atoms with Crippen molar-refractivity contribution in [2.24, 2.45) is 0 Å². The van der Waals surface area contributed by atoms with Crippen LogP contribution < -0.4 is 11.1 Å². The minimum atomic E-state index is -0.687. The maximum absolute atomic E-state index is 11.7. The molecule has 0 aliphatic rings. The molecule has 0 aromatic heterocycles. The number of nitrogen functional groups attached to an aromatic ring is 1. The molecule has 0 aliphatic carbocycles. The summed E-state index contributed by atoms with van der Waals surface area (Å²) in [5.41, 5.74) is 4.98. The lowest BCUT2D eigenvalue weighted by Gasteiger charge is -2.06. The summed E-state index contributed by atoms with van der Waals surface area (Å²) in [5, 5.41) is 13.2. The Kier molecular flexibility index (Phi) is 4.87. The van der Waals surface area contributed by atoms with Crippen LogP contribution in [0.2, 0.25) is 5.02 Å². The molecular formula is C10H12ClN3O4. The highest BCUT2D eigenvalue weighted by atomic mass is 35.5. The van der Waals surface area contributed by atoms with Gasteiger partial charge in [0.25, 0.3) is 11.6 Å². The first-order chi connectivity index (χ1) is 8.47. The van der Waals surface area contributed by atoms with Crippen molar-refractivity contribution in [1.82, 2.24) is 5.32 Å². The molecular weight excluding hydrogens is 262 g/mol. The number of nitrogens with zero attached hydrogens (tertiary/aromatic N) is 1. The van der Waals surface area contributed by atoms with Gasteiger partial charge in [0, 0.05) is 25.3 Å². The molecule has 98 valence electrons. The molecule has 0 unspecified atom stereocenters. The zero-order valence-corrected chi connectivity index (χ0v) is 10.4. The molecule has 0 aliphatic heterocycles. The number of anilines is 1. The highest BCUT2D eigenvalue weighted by molar-refractivity contribution is 6.34. The minimum absolute atomic E-state index is 0.0268. The van der Waals surface area contributed by atoms with Crippen LogP contribution in [0.25, 0.3) is 0 Å². The van der Waals surface area contributed by atoms with Crippen molar-refractivity contribution < 1.29 is 14.5 Å². The molecule has 0 saturated heterocycles. The summed E-state index contributed by atoms with van der Waals surface area (Å²) in [6.45, 7) is 0.641. The van der Waals surface area contributed by atoms with Gasteiger partial charge in [0.05, 0.1) is 16.6 Å². The van der Waals surface area contributed by atoms with Crippen LogP contribution in [0.4, 0.5) is 11.4 Å². The van der Waals surface area contributed by atoms with Crippen molar-refractivity contribution in [3.8, 4) is 0 Å². The average Bonchev–Trinajstić information content (AvgIpc) is 2.32. The predicted molar refractivity (Wildman–Crippen MR) is 66.7 cm³/mol. The molecule has 1 amide bonds. The largest absolute Gasteiger partial charge is 0.392 e. The van der Waals surface area contributed by atoms with Crippen molar-refractivity contribution in [2.45, 2.75) is 0 Å². The van der Waals surface area contributed by atoms with Crippen LogP contribution in [0.15, 0.2) is 12.1 Å². The second-order valence-electron chi connectivity index (χ2n) is 3.40. The Bertz CT molecular complexity index is 478. The Hall–Kier alpha value is -1.86. The summed E-state index contributed by atoms with van der Waals surface area (Å²) in [7, 11) is 1.50. The maximum Gasteiger partial charge on any atom is 0.294 e. The van der Waals surface area contributed by atoms with E-state index in [1.165, 1.54) is 13.2 Å². The fourth-order valence-electron chi connectivity index (χ4n) is 1.25. The van der Waals surface area contributed by atoms with Crippen molar-refractivity contribution in [3.05, 3.63) is 32.8 Å². The smallest absolute Gasteiger partial charge is 0.294 e. The molecule has 1 aromatic carbocycles. The molecule has 0 spiro atoms. The molecule has 0 atom stereocenters. The molecule has 0 saturated carbocycles. The maximum atomic E-state index is 11.7. The number of hydrogen-bond donors (Lipinski definition) is 2. The van der Waals surface area contributed by atoms with Gasteiger partial charge in [0.2, 0.25) is 0 Å². The molecule has 7 nitrogen and oxygen atoms in total. The molecule has 18 heavy (non-hydrogen) atoms. The molecule has 0 heterocycles. The second-order valence-corrected chi connectivity index (χ2v) is 3.80. The number of nitrogens with one attached hydrogen (secondary N) is 1. The second kappa shape index (κ2) is 6.18. The molecule has 1 rings (SSSR count). The van der Waals surface area contributed by atoms with Crippen LogP contribution in [0.3, 0.4) is 0 Å². The number of carbonyl (C=O) groups is 1. The normalized spacial score (nSPS) is 10.1. The van der Waals surface area contributed by atoms with Gasteiger partial charge in [-0.3, -0.25) is 14.9 Å². The molecule has 3 N–H and O–H groups in total. The van der Waals surface area contributed by atoms with E-state index in [0.717, 1.165) is 6.07 Å². The van der Waals surface area contributed by atoms with Gasteiger partial charge in [-0.25, -0.2) is 0 Å². The van der Waals surface area contributed by atoms with Gasteiger partial charge in [-0.15, -0.1) is 0 Å².